The number of rotatable bonds is 10. The lowest BCUT2D eigenvalue weighted by Gasteiger charge is -2.37. The van der Waals surface area contributed by atoms with Crippen LogP contribution in [0.2, 0.25) is 0 Å². The first kappa shape index (κ1) is 24.5. The van der Waals surface area contributed by atoms with Gasteiger partial charge in [0.1, 0.15) is 11.8 Å². The Kier molecular flexibility index (Phi) is 7.84. The fourth-order valence-electron chi connectivity index (χ4n) is 4.64. The summed E-state index contributed by atoms with van der Waals surface area (Å²) in [6, 6.07) is 14.8. The number of aromatic nitrogens is 1. The van der Waals surface area contributed by atoms with E-state index >= 15 is 0 Å². The number of carboxylic acid groups (broad SMARTS) is 2. The summed E-state index contributed by atoms with van der Waals surface area (Å²) in [5, 5.41) is 20.1. The Labute approximate surface area is 204 Å². The van der Waals surface area contributed by atoms with Gasteiger partial charge in [0, 0.05) is 61.9 Å². The highest BCUT2D eigenvalue weighted by Gasteiger charge is 2.32. The zero-order valence-electron chi connectivity index (χ0n) is 19.8. The van der Waals surface area contributed by atoms with Crippen LogP contribution in [-0.4, -0.2) is 76.4 Å². The zero-order chi connectivity index (χ0) is 24.8. The standard InChI is InChI=1S/C27H31N3O5/c1-35-21-9-10-24-22(18-21)23(19-30(24)13-11-25(31)32)26(27(33)34)29-16-14-28(15-17-29)12-5-8-20-6-3-2-4-7-20/h2-10,18-19,26H,11-17H2,1H3,(H,31,32)(H,33,34)/b8-5+. The molecule has 1 atom stereocenters. The minimum Gasteiger partial charge on any atom is -0.497 e. The SMILES string of the molecule is COc1ccc2c(c1)c(C(C(=O)O)N1CCN(C/C=C/c3ccccc3)CC1)cn2CCC(=O)O. The highest BCUT2D eigenvalue weighted by Crippen LogP contribution is 2.33. The molecular formula is C27H31N3O5. The summed E-state index contributed by atoms with van der Waals surface area (Å²) in [4.78, 5) is 27.9. The fraction of sp³-hybridized carbons (Fsp3) is 0.333. The number of fused-ring (bicyclic) bond motifs is 1. The maximum atomic E-state index is 12.5. The van der Waals surface area contributed by atoms with Crippen molar-refractivity contribution in [2.45, 2.75) is 19.0 Å². The third-order valence-corrected chi connectivity index (χ3v) is 6.46. The van der Waals surface area contributed by atoms with Crippen molar-refractivity contribution < 1.29 is 24.5 Å². The summed E-state index contributed by atoms with van der Waals surface area (Å²) in [5.74, 6) is -1.18. The number of benzene rings is 2. The van der Waals surface area contributed by atoms with Crippen molar-refractivity contribution in [2.24, 2.45) is 0 Å². The second kappa shape index (κ2) is 11.2. The molecule has 2 heterocycles. The minimum absolute atomic E-state index is 0.0395. The van der Waals surface area contributed by atoms with Gasteiger partial charge in [0.15, 0.2) is 0 Å². The first-order valence-electron chi connectivity index (χ1n) is 11.8. The van der Waals surface area contributed by atoms with E-state index in [-0.39, 0.29) is 13.0 Å². The molecule has 8 nitrogen and oxygen atoms in total. The van der Waals surface area contributed by atoms with Crippen LogP contribution >= 0.6 is 0 Å². The predicted molar refractivity (Wildman–Crippen MR) is 135 cm³/mol. The molecule has 0 amide bonds. The van der Waals surface area contributed by atoms with E-state index in [0.717, 1.165) is 36.1 Å². The third-order valence-electron chi connectivity index (χ3n) is 6.46. The highest BCUT2D eigenvalue weighted by atomic mass is 16.5. The van der Waals surface area contributed by atoms with Gasteiger partial charge in [-0.05, 0) is 23.8 Å². The molecule has 0 radical (unpaired) electrons. The van der Waals surface area contributed by atoms with Gasteiger partial charge >= 0.3 is 11.9 Å². The molecule has 35 heavy (non-hydrogen) atoms. The Morgan fingerprint density at radius 2 is 1.80 bits per heavy atom. The van der Waals surface area contributed by atoms with Crippen molar-refractivity contribution >= 4 is 28.9 Å². The number of methoxy groups -OCH3 is 1. The van der Waals surface area contributed by atoms with Gasteiger partial charge in [-0.2, -0.15) is 0 Å². The van der Waals surface area contributed by atoms with Gasteiger partial charge in [-0.25, -0.2) is 0 Å². The van der Waals surface area contributed by atoms with E-state index in [4.69, 9.17) is 9.84 Å². The molecule has 3 aromatic rings. The van der Waals surface area contributed by atoms with Crippen molar-refractivity contribution in [1.82, 2.24) is 14.4 Å². The molecular weight excluding hydrogens is 446 g/mol. The molecule has 1 aliphatic heterocycles. The zero-order valence-corrected chi connectivity index (χ0v) is 19.8. The van der Waals surface area contributed by atoms with Crippen molar-refractivity contribution in [3.8, 4) is 5.75 Å². The molecule has 1 fully saturated rings. The third kappa shape index (κ3) is 5.90. The first-order valence-corrected chi connectivity index (χ1v) is 11.8. The molecule has 1 aromatic heterocycles. The molecule has 0 saturated carbocycles. The van der Waals surface area contributed by atoms with Gasteiger partial charge in [0.05, 0.1) is 13.5 Å². The van der Waals surface area contributed by atoms with E-state index in [1.165, 1.54) is 0 Å². The van der Waals surface area contributed by atoms with Crippen molar-refractivity contribution in [1.29, 1.82) is 0 Å². The second-order valence-corrected chi connectivity index (χ2v) is 8.70. The minimum atomic E-state index is -0.914. The topological polar surface area (TPSA) is 95.2 Å². The molecule has 2 aromatic carbocycles. The Balaban J connectivity index is 1.51. The van der Waals surface area contributed by atoms with Crippen LogP contribution < -0.4 is 4.74 Å². The van der Waals surface area contributed by atoms with Gasteiger partial charge in [-0.15, -0.1) is 0 Å². The molecule has 0 spiro atoms. The smallest absolute Gasteiger partial charge is 0.325 e. The first-order chi connectivity index (χ1) is 17.0. The summed E-state index contributed by atoms with van der Waals surface area (Å²) in [6.45, 7) is 3.87. The highest BCUT2D eigenvalue weighted by molar-refractivity contribution is 5.90. The fourth-order valence-corrected chi connectivity index (χ4v) is 4.64. The number of nitrogens with zero attached hydrogens (tertiary/aromatic N) is 3. The van der Waals surface area contributed by atoms with Crippen molar-refractivity contribution in [3.63, 3.8) is 0 Å². The van der Waals surface area contributed by atoms with E-state index in [2.05, 4.69) is 29.2 Å². The number of hydrogen-bond donors (Lipinski definition) is 2. The van der Waals surface area contributed by atoms with E-state index in [1.807, 2.05) is 39.8 Å². The summed E-state index contributed by atoms with van der Waals surface area (Å²) in [6.07, 6.45) is 6.00. The van der Waals surface area contributed by atoms with Gasteiger partial charge < -0.3 is 19.5 Å². The average molecular weight is 478 g/mol. The molecule has 1 aliphatic rings. The molecule has 1 unspecified atom stereocenters. The number of aliphatic carboxylic acids is 2. The summed E-state index contributed by atoms with van der Waals surface area (Å²) >= 11 is 0. The number of hydrogen-bond acceptors (Lipinski definition) is 5. The summed E-state index contributed by atoms with van der Waals surface area (Å²) < 4.78 is 7.21. The van der Waals surface area contributed by atoms with Gasteiger partial charge in [0.25, 0.3) is 0 Å². The summed E-state index contributed by atoms with van der Waals surface area (Å²) in [7, 11) is 1.57. The molecule has 0 aliphatic carbocycles. The van der Waals surface area contributed by atoms with Crippen molar-refractivity contribution in [2.75, 3.05) is 39.8 Å². The Bertz CT molecular complexity index is 1200. The molecule has 4 rings (SSSR count). The molecule has 184 valence electrons. The van der Waals surface area contributed by atoms with Crippen LogP contribution in [0.15, 0.2) is 60.8 Å². The van der Waals surface area contributed by atoms with Crippen LogP contribution in [0, 0.1) is 0 Å². The van der Waals surface area contributed by atoms with Crippen LogP contribution in [0.25, 0.3) is 17.0 Å². The van der Waals surface area contributed by atoms with Crippen LogP contribution in [0.1, 0.15) is 23.6 Å². The average Bonchev–Trinajstić information content (AvgIpc) is 3.21. The van der Waals surface area contributed by atoms with Crippen LogP contribution in [0.3, 0.4) is 0 Å². The summed E-state index contributed by atoms with van der Waals surface area (Å²) in [5.41, 5.74) is 2.62. The van der Waals surface area contributed by atoms with Gasteiger partial charge in [0.2, 0.25) is 0 Å². The quantitative estimate of drug-likeness (QED) is 0.461. The Hall–Kier alpha value is -3.62. The normalized spacial score (nSPS) is 16.0. The van der Waals surface area contributed by atoms with Crippen molar-refractivity contribution in [3.05, 3.63) is 71.9 Å². The molecule has 2 N–H and O–H groups in total. The maximum Gasteiger partial charge on any atom is 0.325 e. The number of carboxylic acids is 2. The Morgan fingerprint density at radius 1 is 1.06 bits per heavy atom. The number of aryl methyl sites for hydroxylation is 1. The van der Waals surface area contributed by atoms with Crippen LogP contribution in [0.5, 0.6) is 5.75 Å². The monoisotopic (exact) mass is 477 g/mol. The van der Waals surface area contributed by atoms with Gasteiger partial charge in [-0.3, -0.25) is 19.4 Å². The second-order valence-electron chi connectivity index (χ2n) is 8.70. The number of ether oxygens (including phenoxy) is 1. The van der Waals surface area contributed by atoms with E-state index in [0.29, 0.717) is 24.4 Å². The van der Waals surface area contributed by atoms with E-state index in [1.54, 1.807) is 19.4 Å². The molecule has 0 bridgehead atoms. The van der Waals surface area contributed by atoms with E-state index in [9.17, 15) is 14.7 Å². The Morgan fingerprint density at radius 3 is 2.46 bits per heavy atom. The largest absolute Gasteiger partial charge is 0.497 e. The van der Waals surface area contributed by atoms with E-state index < -0.39 is 18.0 Å². The predicted octanol–water partition coefficient (Wildman–Crippen LogP) is 3.58. The molecule has 1 saturated heterocycles. The lowest BCUT2D eigenvalue weighted by Crippen LogP contribution is -2.49. The number of piperazine rings is 1. The van der Waals surface area contributed by atoms with Crippen LogP contribution in [-0.2, 0) is 16.1 Å². The van der Waals surface area contributed by atoms with Gasteiger partial charge in [-0.1, -0.05) is 42.5 Å². The lowest BCUT2D eigenvalue weighted by atomic mass is 10.0. The number of carbonyl (C=O) groups is 2. The molecule has 8 heteroatoms. The lowest BCUT2D eigenvalue weighted by molar-refractivity contribution is -0.144. The maximum absolute atomic E-state index is 12.5. The van der Waals surface area contributed by atoms with Crippen LogP contribution in [0.4, 0.5) is 0 Å².